The Kier molecular flexibility index (Phi) is 6.43. The summed E-state index contributed by atoms with van der Waals surface area (Å²) in [6, 6.07) is 8.70. The van der Waals surface area contributed by atoms with Crippen molar-refractivity contribution in [1.29, 1.82) is 0 Å². The lowest BCUT2D eigenvalue weighted by Crippen LogP contribution is -2.39. The summed E-state index contributed by atoms with van der Waals surface area (Å²) in [7, 11) is 0. The van der Waals surface area contributed by atoms with E-state index < -0.39 is 30.2 Å². The van der Waals surface area contributed by atoms with E-state index in [0.717, 1.165) is 13.0 Å². The Morgan fingerprint density at radius 3 is 2.68 bits per heavy atom. The SMILES string of the molecule is CC(C)(C)C(=O)OCOC(=O)C(c1ccccc1Cl)N1CCc2sccc2C1. The largest absolute Gasteiger partial charge is 0.427 e. The van der Waals surface area contributed by atoms with Crippen LogP contribution in [0.25, 0.3) is 0 Å². The summed E-state index contributed by atoms with van der Waals surface area (Å²) in [6.45, 7) is 6.20. The van der Waals surface area contributed by atoms with Crippen LogP contribution in [0.15, 0.2) is 35.7 Å². The molecule has 2 aromatic rings. The molecule has 1 aliphatic rings. The smallest absolute Gasteiger partial charge is 0.330 e. The number of carbonyl (C=O) groups excluding carboxylic acids is 2. The number of thiophene rings is 1. The van der Waals surface area contributed by atoms with Crippen LogP contribution in [0.4, 0.5) is 0 Å². The average molecular weight is 422 g/mol. The van der Waals surface area contributed by atoms with Crippen molar-refractivity contribution in [2.45, 2.75) is 39.8 Å². The lowest BCUT2D eigenvalue weighted by molar-refractivity contribution is -0.176. The van der Waals surface area contributed by atoms with E-state index in [4.69, 9.17) is 21.1 Å². The zero-order valence-corrected chi connectivity index (χ0v) is 17.8. The molecule has 0 N–H and O–H groups in total. The monoisotopic (exact) mass is 421 g/mol. The first-order chi connectivity index (χ1) is 13.3. The second kappa shape index (κ2) is 8.64. The quantitative estimate of drug-likeness (QED) is 0.522. The molecule has 0 radical (unpaired) electrons. The molecular weight excluding hydrogens is 398 g/mol. The molecule has 1 aromatic heterocycles. The Bertz CT molecular complexity index is 858. The Balaban J connectivity index is 1.76. The predicted molar refractivity (Wildman–Crippen MR) is 109 cm³/mol. The summed E-state index contributed by atoms with van der Waals surface area (Å²) >= 11 is 8.13. The van der Waals surface area contributed by atoms with Crippen molar-refractivity contribution in [2.24, 2.45) is 5.41 Å². The van der Waals surface area contributed by atoms with Crippen molar-refractivity contribution < 1.29 is 19.1 Å². The van der Waals surface area contributed by atoms with E-state index in [1.807, 2.05) is 18.2 Å². The Morgan fingerprint density at radius 2 is 1.96 bits per heavy atom. The number of hydrogen-bond acceptors (Lipinski definition) is 6. The second-order valence-electron chi connectivity index (χ2n) is 7.78. The van der Waals surface area contributed by atoms with Gasteiger partial charge in [-0.05, 0) is 55.8 Å². The lowest BCUT2D eigenvalue weighted by Gasteiger charge is -2.33. The number of benzene rings is 1. The van der Waals surface area contributed by atoms with E-state index in [-0.39, 0.29) is 0 Å². The highest BCUT2D eigenvalue weighted by molar-refractivity contribution is 7.10. The van der Waals surface area contributed by atoms with Gasteiger partial charge in [-0.3, -0.25) is 9.69 Å². The molecular formula is C21H24ClNO4S. The van der Waals surface area contributed by atoms with E-state index in [1.54, 1.807) is 38.2 Å². The summed E-state index contributed by atoms with van der Waals surface area (Å²) < 4.78 is 10.4. The molecule has 1 aromatic carbocycles. The van der Waals surface area contributed by atoms with E-state index in [1.165, 1.54) is 10.4 Å². The van der Waals surface area contributed by atoms with Crippen LogP contribution in [0.5, 0.6) is 0 Å². The van der Waals surface area contributed by atoms with Crippen LogP contribution in [0, 0.1) is 5.41 Å². The Morgan fingerprint density at radius 1 is 1.21 bits per heavy atom. The van der Waals surface area contributed by atoms with E-state index in [9.17, 15) is 9.59 Å². The van der Waals surface area contributed by atoms with Gasteiger partial charge in [-0.1, -0.05) is 29.8 Å². The minimum Gasteiger partial charge on any atom is -0.427 e. The van der Waals surface area contributed by atoms with Gasteiger partial charge in [0.25, 0.3) is 0 Å². The number of nitrogens with zero attached hydrogens (tertiary/aromatic N) is 1. The number of carbonyl (C=O) groups is 2. The van der Waals surface area contributed by atoms with Crippen LogP contribution in [0.2, 0.25) is 5.02 Å². The molecule has 150 valence electrons. The number of rotatable bonds is 5. The molecule has 3 rings (SSSR count). The molecule has 7 heteroatoms. The van der Waals surface area contributed by atoms with Gasteiger partial charge in [0.15, 0.2) is 0 Å². The minimum absolute atomic E-state index is 0.409. The van der Waals surface area contributed by atoms with E-state index in [2.05, 4.69) is 16.3 Å². The zero-order chi connectivity index (χ0) is 20.3. The minimum atomic E-state index is -0.657. The summed E-state index contributed by atoms with van der Waals surface area (Å²) in [6.07, 6.45) is 0.875. The van der Waals surface area contributed by atoms with Gasteiger partial charge >= 0.3 is 11.9 Å². The fourth-order valence-corrected chi connectivity index (χ4v) is 4.23. The van der Waals surface area contributed by atoms with Gasteiger partial charge in [0.05, 0.1) is 5.41 Å². The zero-order valence-electron chi connectivity index (χ0n) is 16.2. The molecule has 28 heavy (non-hydrogen) atoms. The molecule has 0 saturated heterocycles. The standard InChI is InChI=1S/C21H24ClNO4S/c1-21(2,3)20(25)27-13-26-19(24)18(15-6-4-5-7-16(15)22)23-10-8-17-14(12-23)9-11-28-17/h4-7,9,11,18H,8,10,12-13H2,1-3H3. The number of esters is 2. The third-order valence-corrected chi connectivity index (χ3v) is 6.00. The van der Waals surface area contributed by atoms with Crippen LogP contribution in [-0.2, 0) is 32.0 Å². The molecule has 5 nitrogen and oxygen atoms in total. The molecule has 2 heterocycles. The van der Waals surface area contributed by atoms with Crippen molar-refractivity contribution in [1.82, 2.24) is 4.90 Å². The van der Waals surface area contributed by atoms with Crippen LogP contribution < -0.4 is 0 Å². The van der Waals surface area contributed by atoms with Gasteiger partial charge in [0, 0.05) is 23.0 Å². The molecule has 0 saturated carbocycles. The number of halogens is 1. The predicted octanol–water partition coefficient (Wildman–Crippen LogP) is 4.59. The van der Waals surface area contributed by atoms with E-state index >= 15 is 0 Å². The fourth-order valence-electron chi connectivity index (χ4n) is 3.10. The molecule has 1 atom stereocenters. The van der Waals surface area contributed by atoms with Crippen LogP contribution >= 0.6 is 22.9 Å². The lowest BCUT2D eigenvalue weighted by atomic mass is 9.98. The molecule has 0 bridgehead atoms. The van der Waals surface area contributed by atoms with Crippen molar-refractivity contribution in [2.75, 3.05) is 13.3 Å². The molecule has 1 aliphatic heterocycles. The fraction of sp³-hybridized carbons (Fsp3) is 0.429. The van der Waals surface area contributed by atoms with E-state index in [0.29, 0.717) is 17.1 Å². The highest BCUT2D eigenvalue weighted by atomic mass is 35.5. The molecule has 0 aliphatic carbocycles. The number of fused-ring (bicyclic) bond motifs is 1. The maximum atomic E-state index is 13.0. The van der Waals surface area contributed by atoms with Crippen molar-refractivity contribution in [3.8, 4) is 0 Å². The van der Waals surface area contributed by atoms with Gasteiger partial charge in [0.2, 0.25) is 6.79 Å². The number of ether oxygens (including phenoxy) is 2. The summed E-state index contributed by atoms with van der Waals surface area (Å²) in [5.74, 6) is -0.899. The Hall–Kier alpha value is -1.89. The van der Waals surface area contributed by atoms with Crippen molar-refractivity contribution in [3.05, 3.63) is 56.7 Å². The first-order valence-electron chi connectivity index (χ1n) is 9.15. The second-order valence-corrected chi connectivity index (χ2v) is 9.18. The van der Waals surface area contributed by atoms with Gasteiger partial charge < -0.3 is 9.47 Å². The van der Waals surface area contributed by atoms with Crippen molar-refractivity contribution in [3.63, 3.8) is 0 Å². The van der Waals surface area contributed by atoms with Crippen LogP contribution in [0.3, 0.4) is 0 Å². The first kappa shape index (κ1) is 20.8. The van der Waals surface area contributed by atoms with Gasteiger partial charge in [-0.25, -0.2) is 4.79 Å². The topological polar surface area (TPSA) is 55.8 Å². The first-order valence-corrected chi connectivity index (χ1v) is 10.4. The molecule has 0 spiro atoms. The Labute approximate surface area is 174 Å². The van der Waals surface area contributed by atoms with Gasteiger partial charge in [-0.2, -0.15) is 0 Å². The average Bonchev–Trinajstić information content (AvgIpc) is 3.10. The third-order valence-electron chi connectivity index (χ3n) is 4.63. The third kappa shape index (κ3) is 4.74. The highest BCUT2D eigenvalue weighted by Crippen LogP contribution is 2.34. The highest BCUT2D eigenvalue weighted by Gasteiger charge is 2.33. The maximum Gasteiger partial charge on any atom is 0.330 e. The molecule has 0 fully saturated rings. The molecule has 0 amide bonds. The molecule has 1 unspecified atom stereocenters. The summed E-state index contributed by atoms with van der Waals surface area (Å²) in [5, 5.41) is 2.58. The summed E-state index contributed by atoms with van der Waals surface area (Å²) in [4.78, 5) is 28.3. The van der Waals surface area contributed by atoms with Crippen LogP contribution in [0.1, 0.15) is 42.8 Å². The summed E-state index contributed by atoms with van der Waals surface area (Å²) in [5.41, 5.74) is 1.26. The van der Waals surface area contributed by atoms with Gasteiger partial charge in [0.1, 0.15) is 6.04 Å². The van der Waals surface area contributed by atoms with Crippen molar-refractivity contribution >= 4 is 34.9 Å². The van der Waals surface area contributed by atoms with Gasteiger partial charge in [-0.15, -0.1) is 11.3 Å². The normalized spacial score (nSPS) is 15.6. The van der Waals surface area contributed by atoms with Crippen LogP contribution in [-0.4, -0.2) is 30.2 Å². The maximum absolute atomic E-state index is 13.0. The number of hydrogen-bond donors (Lipinski definition) is 0.